The average Bonchev–Trinajstić information content (AvgIpc) is 2.35. The number of carbonyl (C=O) groups excluding carboxylic acids is 1. The number of hydrogen-bond donors (Lipinski definition) is 2. The molecule has 0 aliphatic carbocycles. The molecule has 2 N–H and O–H groups in total. The van der Waals surface area contributed by atoms with Gasteiger partial charge in [-0.25, -0.2) is 0 Å². The molecule has 0 saturated heterocycles. The van der Waals surface area contributed by atoms with E-state index < -0.39 is 11.4 Å². The Kier molecular flexibility index (Phi) is 5.10. The van der Waals surface area contributed by atoms with Crippen molar-refractivity contribution in [2.75, 3.05) is 5.32 Å². The summed E-state index contributed by atoms with van der Waals surface area (Å²) in [5, 5.41) is 12.1. The van der Waals surface area contributed by atoms with Gasteiger partial charge in [-0.05, 0) is 37.5 Å². The van der Waals surface area contributed by atoms with Crippen molar-refractivity contribution in [1.82, 2.24) is 0 Å². The zero-order valence-corrected chi connectivity index (χ0v) is 11.7. The lowest BCUT2D eigenvalue weighted by atomic mass is 9.79. The second-order valence-corrected chi connectivity index (χ2v) is 4.89. The first kappa shape index (κ1) is 15.2. The maximum Gasteiger partial charge on any atom is 0.310 e. The third kappa shape index (κ3) is 3.81. The smallest absolute Gasteiger partial charge is 0.310 e. The van der Waals surface area contributed by atoms with Crippen molar-refractivity contribution < 1.29 is 14.7 Å². The summed E-state index contributed by atoms with van der Waals surface area (Å²) in [5.41, 5.74) is 0.790. The van der Waals surface area contributed by atoms with E-state index in [-0.39, 0.29) is 12.3 Å². The number of aliphatic carboxylic acids is 1. The Labute approximate surface area is 113 Å². The quantitative estimate of drug-likeness (QED) is 0.828. The van der Waals surface area contributed by atoms with Gasteiger partial charge < -0.3 is 10.4 Å². The number of benzene rings is 1. The topological polar surface area (TPSA) is 66.4 Å². The summed E-state index contributed by atoms with van der Waals surface area (Å²) in [6.45, 7) is 5.55. The fourth-order valence-corrected chi connectivity index (χ4v) is 2.11. The van der Waals surface area contributed by atoms with Gasteiger partial charge in [0.2, 0.25) is 5.91 Å². The number of rotatable bonds is 6. The third-order valence-electron chi connectivity index (χ3n) is 3.61. The van der Waals surface area contributed by atoms with Gasteiger partial charge in [-0.15, -0.1) is 0 Å². The molecule has 1 aromatic carbocycles. The van der Waals surface area contributed by atoms with Crippen LogP contribution in [0.25, 0.3) is 0 Å². The van der Waals surface area contributed by atoms with E-state index in [1.165, 1.54) is 0 Å². The summed E-state index contributed by atoms with van der Waals surface area (Å²) in [7, 11) is 0. The van der Waals surface area contributed by atoms with Gasteiger partial charge in [-0.2, -0.15) is 0 Å². The van der Waals surface area contributed by atoms with E-state index in [0.717, 1.165) is 5.56 Å². The first-order valence-corrected chi connectivity index (χ1v) is 6.53. The molecular weight excluding hydrogens is 242 g/mol. The summed E-state index contributed by atoms with van der Waals surface area (Å²) in [4.78, 5) is 23.3. The standard InChI is InChI=1S/C15H21NO3/c1-4-15(5-2,14(18)19)10-13(17)16-12-8-6-7-11(3)9-12/h6-9H,4-5,10H2,1-3H3,(H,16,17)(H,18,19). The lowest BCUT2D eigenvalue weighted by molar-refractivity contribution is -0.151. The number of hydrogen-bond acceptors (Lipinski definition) is 2. The summed E-state index contributed by atoms with van der Waals surface area (Å²) < 4.78 is 0. The largest absolute Gasteiger partial charge is 0.481 e. The number of carbonyl (C=O) groups is 2. The van der Waals surface area contributed by atoms with E-state index >= 15 is 0 Å². The molecule has 0 unspecified atom stereocenters. The van der Waals surface area contributed by atoms with Crippen molar-refractivity contribution >= 4 is 17.6 Å². The zero-order chi connectivity index (χ0) is 14.5. The van der Waals surface area contributed by atoms with Crippen molar-refractivity contribution in [2.45, 2.75) is 40.0 Å². The van der Waals surface area contributed by atoms with Crippen LogP contribution >= 0.6 is 0 Å². The van der Waals surface area contributed by atoms with Gasteiger partial charge in [-0.1, -0.05) is 26.0 Å². The van der Waals surface area contributed by atoms with Crippen LogP contribution in [0.15, 0.2) is 24.3 Å². The third-order valence-corrected chi connectivity index (χ3v) is 3.61. The molecule has 0 aliphatic heterocycles. The molecule has 0 bridgehead atoms. The molecule has 19 heavy (non-hydrogen) atoms. The highest BCUT2D eigenvalue weighted by Crippen LogP contribution is 2.31. The number of carboxylic acid groups (broad SMARTS) is 1. The van der Waals surface area contributed by atoms with Crippen LogP contribution in [0.5, 0.6) is 0 Å². The summed E-state index contributed by atoms with van der Waals surface area (Å²) in [6.07, 6.45) is 0.892. The van der Waals surface area contributed by atoms with Crippen molar-refractivity contribution in [3.63, 3.8) is 0 Å². The maximum absolute atomic E-state index is 12.0. The van der Waals surface area contributed by atoms with E-state index in [1.54, 1.807) is 19.9 Å². The number of carboxylic acids is 1. The van der Waals surface area contributed by atoms with Gasteiger partial charge in [-0.3, -0.25) is 9.59 Å². The first-order valence-electron chi connectivity index (χ1n) is 6.53. The van der Waals surface area contributed by atoms with Crippen molar-refractivity contribution in [2.24, 2.45) is 5.41 Å². The number of aryl methyl sites for hydroxylation is 1. The molecular formula is C15H21NO3. The molecule has 0 atom stereocenters. The van der Waals surface area contributed by atoms with Crippen LogP contribution in [-0.2, 0) is 9.59 Å². The molecule has 0 aliphatic rings. The highest BCUT2D eigenvalue weighted by Gasteiger charge is 2.37. The molecule has 0 saturated carbocycles. The molecule has 0 radical (unpaired) electrons. The highest BCUT2D eigenvalue weighted by molar-refractivity contribution is 5.94. The molecule has 104 valence electrons. The molecule has 0 fully saturated rings. The Balaban J connectivity index is 2.76. The van der Waals surface area contributed by atoms with Gasteiger partial charge >= 0.3 is 5.97 Å². The SMILES string of the molecule is CCC(CC)(CC(=O)Nc1cccc(C)c1)C(=O)O. The van der Waals surface area contributed by atoms with Gasteiger partial charge in [0.05, 0.1) is 5.41 Å². The second-order valence-electron chi connectivity index (χ2n) is 4.89. The van der Waals surface area contributed by atoms with Gasteiger partial charge in [0.1, 0.15) is 0 Å². The van der Waals surface area contributed by atoms with Crippen LogP contribution < -0.4 is 5.32 Å². The minimum Gasteiger partial charge on any atom is -0.481 e. The lowest BCUT2D eigenvalue weighted by Crippen LogP contribution is -2.34. The fourth-order valence-electron chi connectivity index (χ4n) is 2.11. The predicted octanol–water partition coefficient (Wildman–Crippen LogP) is 3.21. The summed E-state index contributed by atoms with van der Waals surface area (Å²) >= 11 is 0. The monoisotopic (exact) mass is 263 g/mol. The van der Waals surface area contributed by atoms with E-state index in [2.05, 4.69) is 5.32 Å². The molecule has 0 spiro atoms. The van der Waals surface area contributed by atoms with Crippen LogP contribution in [0.2, 0.25) is 0 Å². The Morgan fingerprint density at radius 2 is 1.89 bits per heavy atom. The molecule has 4 heteroatoms. The van der Waals surface area contributed by atoms with E-state index in [1.807, 2.05) is 25.1 Å². The van der Waals surface area contributed by atoms with Gasteiger partial charge in [0, 0.05) is 12.1 Å². The van der Waals surface area contributed by atoms with Gasteiger partial charge in [0.25, 0.3) is 0 Å². The second kappa shape index (κ2) is 6.36. The average molecular weight is 263 g/mol. The van der Waals surface area contributed by atoms with E-state index in [0.29, 0.717) is 18.5 Å². The number of anilines is 1. The van der Waals surface area contributed by atoms with E-state index in [4.69, 9.17) is 0 Å². The molecule has 1 rings (SSSR count). The minimum absolute atomic E-state index is 0.00325. The molecule has 4 nitrogen and oxygen atoms in total. The zero-order valence-electron chi connectivity index (χ0n) is 11.7. The molecule has 0 heterocycles. The molecule has 1 amide bonds. The number of nitrogens with one attached hydrogen (secondary N) is 1. The summed E-state index contributed by atoms with van der Waals surface area (Å²) in [5.74, 6) is -1.16. The van der Waals surface area contributed by atoms with Crippen LogP contribution in [0.3, 0.4) is 0 Å². The highest BCUT2D eigenvalue weighted by atomic mass is 16.4. The minimum atomic E-state index is -0.964. The fraction of sp³-hybridized carbons (Fsp3) is 0.467. The molecule has 0 aromatic heterocycles. The van der Waals surface area contributed by atoms with Crippen LogP contribution in [-0.4, -0.2) is 17.0 Å². The maximum atomic E-state index is 12.0. The summed E-state index contributed by atoms with van der Waals surface area (Å²) in [6, 6.07) is 7.45. The Morgan fingerprint density at radius 1 is 1.26 bits per heavy atom. The van der Waals surface area contributed by atoms with Crippen molar-refractivity contribution in [3.8, 4) is 0 Å². The van der Waals surface area contributed by atoms with Crippen LogP contribution in [0.4, 0.5) is 5.69 Å². The first-order chi connectivity index (χ1) is 8.93. The lowest BCUT2D eigenvalue weighted by Gasteiger charge is -2.25. The van der Waals surface area contributed by atoms with Crippen LogP contribution in [0, 0.1) is 12.3 Å². The Morgan fingerprint density at radius 3 is 2.37 bits per heavy atom. The van der Waals surface area contributed by atoms with E-state index in [9.17, 15) is 14.7 Å². The van der Waals surface area contributed by atoms with Gasteiger partial charge in [0.15, 0.2) is 0 Å². The Bertz CT molecular complexity index is 464. The Hall–Kier alpha value is -1.84. The van der Waals surface area contributed by atoms with Crippen molar-refractivity contribution in [3.05, 3.63) is 29.8 Å². The normalized spacial score (nSPS) is 11.1. The number of amides is 1. The predicted molar refractivity (Wildman–Crippen MR) is 75.1 cm³/mol. The van der Waals surface area contributed by atoms with Crippen LogP contribution in [0.1, 0.15) is 38.7 Å². The molecule has 1 aromatic rings. The van der Waals surface area contributed by atoms with Crippen molar-refractivity contribution in [1.29, 1.82) is 0 Å².